The van der Waals surface area contributed by atoms with Crippen molar-refractivity contribution in [3.63, 3.8) is 0 Å². The number of pyridine rings is 1. The highest BCUT2D eigenvalue weighted by Crippen LogP contribution is 2.13. The van der Waals surface area contributed by atoms with Crippen LogP contribution in [-0.4, -0.2) is 17.5 Å². The van der Waals surface area contributed by atoms with Crippen molar-refractivity contribution in [2.24, 2.45) is 0 Å². The Kier molecular flexibility index (Phi) is 6.41. The lowest BCUT2D eigenvalue weighted by Crippen LogP contribution is -2.15. The van der Waals surface area contributed by atoms with E-state index in [2.05, 4.69) is 34.7 Å². The normalized spacial score (nSPS) is 10.3. The molecule has 0 aliphatic heterocycles. The summed E-state index contributed by atoms with van der Waals surface area (Å²) >= 11 is 0. The molecular weight excluding hydrogens is 338 g/mol. The number of para-hydroxylation sites is 1. The number of hydrogen-bond acceptors (Lipinski definition) is 4. The molecule has 0 atom stereocenters. The van der Waals surface area contributed by atoms with Gasteiger partial charge >= 0.3 is 0 Å². The van der Waals surface area contributed by atoms with E-state index in [0.717, 1.165) is 11.6 Å². The fraction of sp³-hybridized carbons (Fsp3) is 0.182. The molecule has 0 saturated heterocycles. The number of ether oxygens (including phenoxy) is 1. The molecule has 2 aromatic carbocycles. The lowest BCUT2D eigenvalue weighted by molar-refractivity contribution is -0.116. The van der Waals surface area contributed by atoms with Crippen LogP contribution in [0.25, 0.3) is 0 Å². The average molecular weight is 361 g/mol. The van der Waals surface area contributed by atoms with Gasteiger partial charge in [0.25, 0.3) is 0 Å². The molecule has 0 unspecified atom stereocenters. The molecule has 1 heterocycles. The molecule has 3 aromatic rings. The second-order valence-electron chi connectivity index (χ2n) is 6.17. The molecule has 5 heteroatoms. The molecule has 5 nitrogen and oxygen atoms in total. The number of hydrogen-bond donors (Lipinski definition) is 2. The third-order valence-corrected chi connectivity index (χ3v) is 4.11. The summed E-state index contributed by atoms with van der Waals surface area (Å²) in [5.41, 5.74) is 3.14. The predicted octanol–water partition coefficient (Wildman–Crippen LogP) is 4.41. The van der Waals surface area contributed by atoms with E-state index in [-0.39, 0.29) is 12.3 Å². The van der Waals surface area contributed by atoms with E-state index in [1.165, 1.54) is 11.1 Å². The van der Waals surface area contributed by atoms with E-state index < -0.39 is 0 Å². The van der Waals surface area contributed by atoms with E-state index in [9.17, 15) is 4.79 Å². The molecule has 1 amide bonds. The zero-order chi connectivity index (χ0) is 18.9. The molecule has 138 valence electrons. The van der Waals surface area contributed by atoms with Crippen LogP contribution in [0.3, 0.4) is 0 Å². The van der Waals surface area contributed by atoms with Crippen molar-refractivity contribution in [2.45, 2.75) is 19.9 Å². The lowest BCUT2D eigenvalue weighted by atomic mass is 10.1. The first-order valence-electron chi connectivity index (χ1n) is 8.93. The Labute approximate surface area is 159 Å². The minimum atomic E-state index is -0.103. The van der Waals surface area contributed by atoms with Crippen molar-refractivity contribution >= 4 is 17.4 Å². The van der Waals surface area contributed by atoms with Crippen LogP contribution in [0, 0.1) is 6.92 Å². The number of carbonyl (C=O) groups excluding carboxylic acids is 1. The molecule has 2 N–H and O–H groups in total. The standard InChI is InChI=1S/C22H23N3O2/c1-17-7-5-6-8-18(17)15-23-21-12-11-19(16-24-21)25-22(26)13-14-27-20-9-3-2-4-10-20/h2-12,16H,13-15H2,1H3,(H,23,24)(H,25,26). The molecule has 3 rings (SSSR count). The summed E-state index contributed by atoms with van der Waals surface area (Å²) in [5.74, 6) is 1.42. The Morgan fingerprint density at radius 1 is 1.00 bits per heavy atom. The van der Waals surface area contributed by atoms with E-state index in [1.807, 2.05) is 54.6 Å². The molecule has 0 bridgehead atoms. The highest BCUT2D eigenvalue weighted by Gasteiger charge is 2.04. The molecule has 0 saturated carbocycles. The zero-order valence-electron chi connectivity index (χ0n) is 15.3. The van der Waals surface area contributed by atoms with Crippen molar-refractivity contribution in [3.05, 3.63) is 84.1 Å². The van der Waals surface area contributed by atoms with Crippen molar-refractivity contribution in [1.29, 1.82) is 0 Å². The minimum absolute atomic E-state index is 0.103. The number of rotatable bonds is 8. The number of carbonyl (C=O) groups is 1. The molecule has 0 aliphatic rings. The van der Waals surface area contributed by atoms with E-state index >= 15 is 0 Å². The fourth-order valence-electron chi connectivity index (χ4n) is 2.57. The Morgan fingerprint density at radius 2 is 1.78 bits per heavy atom. The fourth-order valence-corrected chi connectivity index (χ4v) is 2.57. The first-order chi connectivity index (χ1) is 13.2. The average Bonchev–Trinajstić information content (AvgIpc) is 2.69. The van der Waals surface area contributed by atoms with Crippen LogP contribution >= 0.6 is 0 Å². The van der Waals surface area contributed by atoms with Crippen molar-refractivity contribution in [2.75, 3.05) is 17.2 Å². The van der Waals surface area contributed by atoms with Crippen LogP contribution in [0.1, 0.15) is 17.5 Å². The van der Waals surface area contributed by atoms with Crippen molar-refractivity contribution in [3.8, 4) is 5.75 Å². The van der Waals surface area contributed by atoms with Crippen LogP contribution < -0.4 is 15.4 Å². The first kappa shape index (κ1) is 18.5. The Hall–Kier alpha value is -3.34. The van der Waals surface area contributed by atoms with Gasteiger partial charge in [-0.2, -0.15) is 0 Å². The van der Waals surface area contributed by atoms with Gasteiger partial charge in [-0.05, 0) is 42.3 Å². The van der Waals surface area contributed by atoms with E-state index in [4.69, 9.17) is 4.74 Å². The van der Waals surface area contributed by atoms with Crippen LogP contribution in [0.2, 0.25) is 0 Å². The van der Waals surface area contributed by atoms with Gasteiger partial charge in [0, 0.05) is 6.54 Å². The van der Waals surface area contributed by atoms with Crippen LogP contribution in [0.5, 0.6) is 5.75 Å². The number of anilines is 2. The largest absolute Gasteiger partial charge is 0.493 e. The summed E-state index contributed by atoms with van der Waals surface area (Å²) in [6.45, 7) is 3.13. The number of aryl methyl sites for hydroxylation is 1. The topological polar surface area (TPSA) is 63.2 Å². The summed E-state index contributed by atoms with van der Waals surface area (Å²) in [4.78, 5) is 16.3. The Morgan fingerprint density at radius 3 is 2.52 bits per heavy atom. The van der Waals surface area contributed by atoms with Gasteiger partial charge < -0.3 is 15.4 Å². The van der Waals surface area contributed by atoms with Gasteiger partial charge in [0.1, 0.15) is 11.6 Å². The number of benzene rings is 2. The molecule has 27 heavy (non-hydrogen) atoms. The Bertz CT molecular complexity index is 864. The van der Waals surface area contributed by atoms with E-state index in [0.29, 0.717) is 18.8 Å². The Balaban J connectivity index is 1.43. The number of aromatic nitrogens is 1. The second kappa shape index (κ2) is 9.38. The quantitative estimate of drug-likeness (QED) is 0.624. The monoisotopic (exact) mass is 361 g/mol. The maximum Gasteiger partial charge on any atom is 0.227 e. The van der Waals surface area contributed by atoms with Gasteiger partial charge in [0.2, 0.25) is 5.91 Å². The third kappa shape index (κ3) is 5.85. The van der Waals surface area contributed by atoms with Gasteiger partial charge in [-0.3, -0.25) is 4.79 Å². The summed E-state index contributed by atoms with van der Waals surface area (Å²) in [5, 5.41) is 6.12. The zero-order valence-corrected chi connectivity index (χ0v) is 15.3. The minimum Gasteiger partial charge on any atom is -0.493 e. The van der Waals surface area contributed by atoms with Gasteiger partial charge in [0.05, 0.1) is 24.9 Å². The summed E-state index contributed by atoms with van der Waals surface area (Å²) in [6.07, 6.45) is 1.93. The van der Waals surface area contributed by atoms with Gasteiger partial charge in [0.15, 0.2) is 0 Å². The number of nitrogens with one attached hydrogen (secondary N) is 2. The van der Waals surface area contributed by atoms with Crippen molar-refractivity contribution < 1.29 is 9.53 Å². The SMILES string of the molecule is Cc1ccccc1CNc1ccc(NC(=O)CCOc2ccccc2)cn1. The maximum atomic E-state index is 12.0. The van der Waals surface area contributed by atoms with Gasteiger partial charge in [-0.15, -0.1) is 0 Å². The van der Waals surface area contributed by atoms with Gasteiger partial charge in [-0.25, -0.2) is 4.98 Å². The van der Waals surface area contributed by atoms with Crippen LogP contribution in [0.15, 0.2) is 72.9 Å². The number of amides is 1. The molecule has 0 fully saturated rings. The molecular formula is C22H23N3O2. The highest BCUT2D eigenvalue weighted by molar-refractivity contribution is 5.90. The lowest BCUT2D eigenvalue weighted by Gasteiger charge is -2.10. The summed E-state index contributed by atoms with van der Waals surface area (Å²) in [6, 6.07) is 21.4. The van der Waals surface area contributed by atoms with Gasteiger partial charge in [-0.1, -0.05) is 42.5 Å². The van der Waals surface area contributed by atoms with Crippen LogP contribution in [-0.2, 0) is 11.3 Å². The third-order valence-electron chi connectivity index (χ3n) is 4.11. The molecule has 0 aliphatic carbocycles. The van der Waals surface area contributed by atoms with Crippen LogP contribution in [0.4, 0.5) is 11.5 Å². The molecule has 0 spiro atoms. The molecule has 0 radical (unpaired) electrons. The first-order valence-corrected chi connectivity index (χ1v) is 8.93. The summed E-state index contributed by atoms with van der Waals surface area (Å²) < 4.78 is 5.53. The van der Waals surface area contributed by atoms with Crippen molar-refractivity contribution in [1.82, 2.24) is 4.98 Å². The smallest absolute Gasteiger partial charge is 0.227 e. The highest BCUT2D eigenvalue weighted by atomic mass is 16.5. The molecule has 1 aromatic heterocycles. The van der Waals surface area contributed by atoms with E-state index in [1.54, 1.807) is 6.20 Å². The summed E-state index contributed by atoms with van der Waals surface area (Å²) in [7, 11) is 0. The second-order valence-corrected chi connectivity index (χ2v) is 6.17. The number of nitrogens with zero attached hydrogens (tertiary/aromatic N) is 1. The predicted molar refractivity (Wildman–Crippen MR) is 108 cm³/mol. The maximum absolute atomic E-state index is 12.0.